The third-order valence-electron chi connectivity index (χ3n) is 4.73. The zero-order chi connectivity index (χ0) is 22.6. The number of amides is 2. The standard InChI is InChI=1S/C19H17N3O6S3/c1-11-10-31(27,28)22(18(11)24)13-5-3-12(4-6-13)17(23)21-19-20-15-8-7-14(30(2,25)26)9-16(15)29-19/h3-9,11H,10H2,1-2H3,(H,20,21,23). The van der Waals surface area contributed by atoms with Crippen molar-refractivity contribution < 1.29 is 26.4 Å². The number of thiazole rings is 1. The zero-order valence-electron chi connectivity index (χ0n) is 16.4. The summed E-state index contributed by atoms with van der Waals surface area (Å²) < 4.78 is 49.2. The largest absolute Gasteiger partial charge is 0.298 e. The van der Waals surface area contributed by atoms with Crippen LogP contribution in [0.25, 0.3) is 10.2 Å². The average Bonchev–Trinajstić information content (AvgIpc) is 3.17. The lowest BCUT2D eigenvalue weighted by Gasteiger charge is -2.15. The third kappa shape index (κ3) is 4.05. The van der Waals surface area contributed by atoms with Crippen LogP contribution in [0.2, 0.25) is 0 Å². The molecule has 4 rings (SSSR count). The monoisotopic (exact) mass is 479 g/mol. The average molecular weight is 480 g/mol. The number of nitrogens with one attached hydrogen (secondary N) is 1. The molecule has 9 nitrogen and oxygen atoms in total. The Hall–Kier alpha value is -2.83. The molecule has 1 fully saturated rings. The molecule has 1 aliphatic rings. The van der Waals surface area contributed by atoms with E-state index in [9.17, 15) is 26.4 Å². The summed E-state index contributed by atoms with van der Waals surface area (Å²) >= 11 is 1.13. The molecule has 2 heterocycles. The fraction of sp³-hybridized carbons (Fsp3) is 0.211. The van der Waals surface area contributed by atoms with Crippen molar-refractivity contribution in [3.63, 3.8) is 0 Å². The van der Waals surface area contributed by atoms with Crippen LogP contribution in [0, 0.1) is 5.92 Å². The SMILES string of the molecule is CC1CS(=O)(=O)N(c2ccc(C(=O)Nc3nc4ccc(S(C)(=O)=O)cc4s3)cc2)C1=O. The van der Waals surface area contributed by atoms with Crippen LogP contribution in [-0.4, -0.2) is 45.6 Å². The first-order chi connectivity index (χ1) is 14.5. The van der Waals surface area contributed by atoms with E-state index in [2.05, 4.69) is 10.3 Å². The summed E-state index contributed by atoms with van der Waals surface area (Å²) in [7, 11) is -7.07. The van der Waals surface area contributed by atoms with Crippen LogP contribution in [0.1, 0.15) is 17.3 Å². The molecule has 2 amide bonds. The minimum atomic E-state index is -3.72. The van der Waals surface area contributed by atoms with Crippen molar-refractivity contribution in [2.75, 3.05) is 21.6 Å². The van der Waals surface area contributed by atoms with Gasteiger partial charge in [0.05, 0.1) is 32.5 Å². The minimum absolute atomic E-state index is 0.165. The maximum atomic E-state index is 12.6. The summed E-state index contributed by atoms with van der Waals surface area (Å²) in [6.45, 7) is 1.55. The highest BCUT2D eigenvalue weighted by atomic mass is 32.2. The lowest BCUT2D eigenvalue weighted by Crippen LogP contribution is -2.30. The Morgan fingerprint density at radius 2 is 1.87 bits per heavy atom. The second-order valence-electron chi connectivity index (χ2n) is 7.20. The van der Waals surface area contributed by atoms with Gasteiger partial charge in [-0.05, 0) is 42.5 Å². The summed E-state index contributed by atoms with van der Waals surface area (Å²) in [5.74, 6) is -1.83. The van der Waals surface area contributed by atoms with Crippen LogP contribution < -0.4 is 9.62 Å². The van der Waals surface area contributed by atoms with E-state index >= 15 is 0 Å². The van der Waals surface area contributed by atoms with E-state index in [1.807, 2.05) is 0 Å². The Labute approximate surface area is 182 Å². The first-order valence-corrected chi connectivity index (χ1v) is 13.4. The van der Waals surface area contributed by atoms with E-state index in [0.29, 0.717) is 15.3 Å². The number of sulfonamides is 1. The second kappa shape index (κ2) is 7.39. The lowest BCUT2D eigenvalue weighted by atomic mass is 10.1. The smallest absolute Gasteiger partial charge is 0.257 e. The van der Waals surface area contributed by atoms with Gasteiger partial charge in [0.25, 0.3) is 5.91 Å². The molecule has 0 saturated carbocycles. The predicted molar refractivity (Wildman–Crippen MR) is 118 cm³/mol. The molecule has 31 heavy (non-hydrogen) atoms. The summed E-state index contributed by atoms with van der Waals surface area (Å²) in [4.78, 5) is 29.2. The highest BCUT2D eigenvalue weighted by molar-refractivity contribution is 7.94. The maximum absolute atomic E-state index is 12.6. The third-order valence-corrected chi connectivity index (χ3v) is 8.65. The molecule has 12 heteroatoms. The van der Waals surface area contributed by atoms with Crippen molar-refractivity contribution >= 4 is 64.0 Å². The summed E-state index contributed by atoms with van der Waals surface area (Å²) in [5.41, 5.74) is 0.978. The van der Waals surface area contributed by atoms with Crippen LogP contribution in [0.5, 0.6) is 0 Å². The number of hydrogen-bond acceptors (Lipinski definition) is 8. The van der Waals surface area contributed by atoms with Gasteiger partial charge in [0, 0.05) is 11.8 Å². The van der Waals surface area contributed by atoms with Gasteiger partial charge in [0.2, 0.25) is 15.9 Å². The van der Waals surface area contributed by atoms with Crippen LogP contribution in [0.3, 0.4) is 0 Å². The Bertz CT molecular complexity index is 1430. The molecule has 1 atom stereocenters. The molecule has 162 valence electrons. The summed E-state index contributed by atoms with van der Waals surface area (Å²) in [6.07, 6.45) is 1.11. The van der Waals surface area contributed by atoms with Crippen molar-refractivity contribution in [1.29, 1.82) is 0 Å². The number of hydrogen-bond donors (Lipinski definition) is 1. The number of nitrogens with zero attached hydrogens (tertiary/aromatic N) is 2. The van der Waals surface area contributed by atoms with Crippen LogP contribution in [0.4, 0.5) is 10.8 Å². The number of aromatic nitrogens is 1. The van der Waals surface area contributed by atoms with Gasteiger partial charge in [0.15, 0.2) is 15.0 Å². The molecule has 0 spiro atoms. The molecule has 1 saturated heterocycles. The number of anilines is 2. The van der Waals surface area contributed by atoms with E-state index < -0.39 is 37.6 Å². The maximum Gasteiger partial charge on any atom is 0.257 e. The van der Waals surface area contributed by atoms with Crippen molar-refractivity contribution in [1.82, 2.24) is 4.98 Å². The predicted octanol–water partition coefficient (Wildman–Crippen LogP) is 2.26. The molecule has 0 aliphatic carbocycles. The number of rotatable bonds is 4. The molecule has 1 aromatic heterocycles. The fourth-order valence-corrected chi connectivity index (χ4v) is 6.64. The van der Waals surface area contributed by atoms with Gasteiger partial charge in [-0.3, -0.25) is 14.9 Å². The van der Waals surface area contributed by atoms with Crippen LogP contribution in [0.15, 0.2) is 47.4 Å². The quantitative estimate of drug-likeness (QED) is 0.607. The highest BCUT2D eigenvalue weighted by Gasteiger charge is 2.41. The number of carbonyl (C=O) groups excluding carboxylic acids is 2. The molecular formula is C19H17N3O6S3. The van der Waals surface area contributed by atoms with Gasteiger partial charge in [-0.1, -0.05) is 18.3 Å². The first-order valence-electron chi connectivity index (χ1n) is 9.04. The first kappa shape index (κ1) is 21.4. The second-order valence-corrected chi connectivity index (χ2v) is 12.1. The van der Waals surface area contributed by atoms with Gasteiger partial charge >= 0.3 is 0 Å². The van der Waals surface area contributed by atoms with Crippen LogP contribution in [-0.2, 0) is 24.7 Å². The van der Waals surface area contributed by atoms with E-state index in [1.165, 1.54) is 36.4 Å². The Balaban J connectivity index is 1.55. The number of sulfone groups is 1. The molecule has 1 unspecified atom stereocenters. The minimum Gasteiger partial charge on any atom is -0.298 e. The van der Waals surface area contributed by atoms with Crippen molar-refractivity contribution in [2.45, 2.75) is 11.8 Å². The summed E-state index contributed by atoms with van der Waals surface area (Å²) in [5, 5.41) is 2.94. The van der Waals surface area contributed by atoms with E-state index in [0.717, 1.165) is 21.9 Å². The highest BCUT2D eigenvalue weighted by Crippen LogP contribution is 2.30. The Morgan fingerprint density at radius 3 is 2.45 bits per heavy atom. The molecular weight excluding hydrogens is 462 g/mol. The zero-order valence-corrected chi connectivity index (χ0v) is 18.8. The number of fused-ring (bicyclic) bond motifs is 1. The van der Waals surface area contributed by atoms with Crippen molar-refractivity contribution in [2.24, 2.45) is 5.92 Å². The molecule has 1 N–H and O–H groups in total. The van der Waals surface area contributed by atoms with Gasteiger partial charge in [-0.25, -0.2) is 26.1 Å². The van der Waals surface area contributed by atoms with Gasteiger partial charge < -0.3 is 0 Å². The lowest BCUT2D eigenvalue weighted by molar-refractivity contribution is -0.119. The van der Waals surface area contributed by atoms with E-state index in [1.54, 1.807) is 13.0 Å². The molecule has 0 bridgehead atoms. The van der Waals surface area contributed by atoms with Gasteiger partial charge in [-0.2, -0.15) is 0 Å². The summed E-state index contributed by atoms with van der Waals surface area (Å²) in [6, 6.07) is 10.2. The number of benzene rings is 2. The van der Waals surface area contributed by atoms with Crippen molar-refractivity contribution in [3.05, 3.63) is 48.0 Å². The molecule has 2 aromatic carbocycles. The van der Waals surface area contributed by atoms with Gasteiger partial charge in [-0.15, -0.1) is 0 Å². The van der Waals surface area contributed by atoms with E-state index in [-0.39, 0.29) is 21.9 Å². The fourth-order valence-electron chi connectivity index (χ4n) is 3.19. The van der Waals surface area contributed by atoms with Crippen molar-refractivity contribution in [3.8, 4) is 0 Å². The molecule has 3 aromatic rings. The number of carbonyl (C=O) groups is 2. The Kier molecular flexibility index (Phi) is 5.10. The molecule has 0 radical (unpaired) electrons. The van der Waals surface area contributed by atoms with Crippen LogP contribution >= 0.6 is 11.3 Å². The molecule has 1 aliphatic heterocycles. The van der Waals surface area contributed by atoms with E-state index in [4.69, 9.17) is 0 Å². The normalized spacial score (nSPS) is 18.5. The Morgan fingerprint density at radius 1 is 1.19 bits per heavy atom. The van der Waals surface area contributed by atoms with Gasteiger partial charge in [0.1, 0.15) is 0 Å². The topological polar surface area (TPSA) is 131 Å².